The maximum atomic E-state index is 13.8. The highest BCUT2D eigenvalue weighted by molar-refractivity contribution is 6.30. The molecule has 0 spiro atoms. The van der Waals surface area contributed by atoms with E-state index in [1.807, 2.05) is 59.5 Å². The minimum Gasteiger partial charge on any atom is -0.492 e. The van der Waals surface area contributed by atoms with E-state index < -0.39 is 0 Å². The van der Waals surface area contributed by atoms with Crippen LogP contribution >= 0.6 is 11.6 Å². The van der Waals surface area contributed by atoms with Crippen LogP contribution in [-0.2, 0) is 4.79 Å². The zero-order valence-corrected chi connectivity index (χ0v) is 18.6. The smallest absolute Gasteiger partial charge is 0.226 e. The first-order chi connectivity index (χ1) is 15.7. The molecule has 166 valence electrons. The van der Waals surface area contributed by atoms with Gasteiger partial charge in [0.2, 0.25) is 5.91 Å². The number of rotatable bonds is 8. The van der Waals surface area contributed by atoms with Crippen molar-refractivity contribution in [3.63, 3.8) is 0 Å². The lowest BCUT2D eigenvalue weighted by Gasteiger charge is -2.35. The van der Waals surface area contributed by atoms with Gasteiger partial charge >= 0.3 is 0 Å². The zero-order chi connectivity index (χ0) is 22.2. The van der Waals surface area contributed by atoms with E-state index >= 15 is 0 Å². The molecule has 2 aromatic heterocycles. The maximum absolute atomic E-state index is 13.8. The fourth-order valence-electron chi connectivity index (χ4n) is 4.06. The fourth-order valence-corrected chi connectivity index (χ4v) is 4.19. The molecule has 1 aliphatic heterocycles. The molecule has 1 N–H and O–H groups in total. The predicted octanol–water partition coefficient (Wildman–Crippen LogP) is 4.13. The topological polar surface area (TPSA) is 67.4 Å². The number of carbonyl (C=O) groups excluding carboxylic acids is 1. The van der Waals surface area contributed by atoms with E-state index in [1.165, 1.54) is 0 Å². The number of aromatic nitrogens is 2. The molecule has 32 heavy (non-hydrogen) atoms. The maximum Gasteiger partial charge on any atom is 0.226 e. The molecule has 0 aliphatic carbocycles. The molecule has 0 saturated carbocycles. The number of piperidine rings is 1. The largest absolute Gasteiger partial charge is 0.492 e. The Labute approximate surface area is 193 Å². The SMILES string of the molecule is O=C(C1CCNCC1)N(CCOc1ccncc1)[C@H](c1ccc(Cl)cc1)c1ccccn1. The van der Waals surface area contributed by atoms with Gasteiger partial charge < -0.3 is 15.0 Å². The molecule has 1 amide bonds. The third kappa shape index (κ3) is 5.64. The van der Waals surface area contributed by atoms with Crippen LogP contribution in [0.4, 0.5) is 0 Å². The van der Waals surface area contributed by atoms with Gasteiger partial charge in [-0.15, -0.1) is 0 Å². The van der Waals surface area contributed by atoms with E-state index in [0.717, 1.165) is 42.9 Å². The Morgan fingerprint density at radius 3 is 2.50 bits per heavy atom. The number of amides is 1. The minimum absolute atomic E-state index is 0.0179. The molecule has 7 heteroatoms. The van der Waals surface area contributed by atoms with Crippen molar-refractivity contribution in [3.8, 4) is 5.75 Å². The molecule has 0 radical (unpaired) electrons. The molecule has 0 bridgehead atoms. The van der Waals surface area contributed by atoms with Crippen molar-refractivity contribution < 1.29 is 9.53 Å². The second-order valence-corrected chi connectivity index (χ2v) is 8.23. The normalized spacial score (nSPS) is 15.2. The van der Waals surface area contributed by atoms with Gasteiger partial charge in [-0.05, 0) is 67.9 Å². The lowest BCUT2D eigenvalue weighted by atomic mass is 9.93. The number of hydrogen-bond donors (Lipinski definition) is 1. The van der Waals surface area contributed by atoms with Crippen LogP contribution in [0.3, 0.4) is 0 Å². The van der Waals surface area contributed by atoms with Gasteiger partial charge in [0.25, 0.3) is 0 Å². The van der Waals surface area contributed by atoms with Crippen molar-refractivity contribution in [3.05, 3.63) is 89.5 Å². The van der Waals surface area contributed by atoms with Gasteiger partial charge in [-0.1, -0.05) is 29.8 Å². The van der Waals surface area contributed by atoms with Crippen molar-refractivity contribution in [1.82, 2.24) is 20.2 Å². The van der Waals surface area contributed by atoms with Crippen LogP contribution in [0.15, 0.2) is 73.2 Å². The molecule has 1 atom stereocenters. The number of nitrogens with zero attached hydrogens (tertiary/aromatic N) is 3. The lowest BCUT2D eigenvalue weighted by molar-refractivity contribution is -0.138. The molecule has 3 heterocycles. The summed E-state index contributed by atoms with van der Waals surface area (Å²) in [5.41, 5.74) is 1.79. The van der Waals surface area contributed by atoms with Crippen LogP contribution in [0.2, 0.25) is 5.02 Å². The fraction of sp³-hybridized carbons (Fsp3) is 0.320. The van der Waals surface area contributed by atoms with Gasteiger partial charge in [-0.25, -0.2) is 0 Å². The molecule has 0 unspecified atom stereocenters. The van der Waals surface area contributed by atoms with Crippen molar-refractivity contribution >= 4 is 17.5 Å². The number of ether oxygens (including phenoxy) is 1. The third-order valence-corrected chi connectivity index (χ3v) is 5.94. The first-order valence-electron chi connectivity index (χ1n) is 10.9. The van der Waals surface area contributed by atoms with Crippen LogP contribution in [0.25, 0.3) is 0 Å². The molecular weight excluding hydrogens is 424 g/mol. The average Bonchev–Trinajstić information content (AvgIpc) is 2.86. The Balaban J connectivity index is 1.64. The van der Waals surface area contributed by atoms with Gasteiger partial charge in [-0.2, -0.15) is 0 Å². The lowest BCUT2D eigenvalue weighted by Crippen LogP contribution is -2.45. The van der Waals surface area contributed by atoms with Gasteiger partial charge in [0.15, 0.2) is 0 Å². The van der Waals surface area contributed by atoms with E-state index in [1.54, 1.807) is 18.6 Å². The monoisotopic (exact) mass is 450 g/mol. The predicted molar refractivity (Wildman–Crippen MR) is 125 cm³/mol. The van der Waals surface area contributed by atoms with Crippen molar-refractivity contribution in [2.45, 2.75) is 18.9 Å². The van der Waals surface area contributed by atoms with Crippen LogP contribution in [-0.4, -0.2) is 47.0 Å². The number of nitrogens with one attached hydrogen (secondary N) is 1. The second-order valence-electron chi connectivity index (χ2n) is 7.80. The van der Waals surface area contributed by atoms with Gasteiger partial charge in [0.1, 0.15) is 12.4 Å². The molecule has 3 aromatic rings. The number of carbonyl (C=O) groups is 1. The highest BCUT2D eigenvalue weighted by Crippen LogP contribution is 2.31. The quantitative estimate of drug-likeness (QED) is 0.559. The minimum atomic E-state index is -0.322. The first-order valence-corrected chi connectivity index (χ1v) is 11.3. The Bertz CT molecular complexity index is 980. The van der Waals surface area contributed by atoms with Crippen LogP contribution in [0, 0.1) is 5.92 Å². The van der Waals surface area contributed by atoms with E-state index in [-0.39, 0.29) is 17.9 Å². The number of benzene rings is 1. The second kappa shape index (κ2) is 11.1. The molecular formula is C25H27ClN4O2. The summed E-state index contributed by atoms with van der Waals surface area (Å²) in [7, 11) is 0. The van der Waals surface area contributed by atoms with Crippen LogP contribution in [0.1, 0.15) is 30.1 Å². The summed E-state index contributed by atoms with van der Waals surface area (Å²) < 4.78 is 5.93. The van der Waals surface area contributed by atoms with Crippen molar-refractivity contribution in [1.29, 1.82) is 0 Å². The summed E-state index contributed by atoms with van der Waals surface area (Å²) >= 11 is 6.15. The van der Waals surface area contributed by atoms with Crippen molar-refractivity contribution in [2.75, 3.05) is 26.2 Å². The zero-order valence-electron chi connectivity index (χ0n) is 17.9. The third-order valence-electron chi connectivity index (χ3n) is 5.69. The number of hydrogen-bond acceptors (Lipinski definition) is 5. The van der Waals surface area contributed by atoms with E-state index in [4.69, 9.17) is 16.3 Å². The number of pyridine rings is 2. The summed E-state index contributed by atoms with van der Waals surface area (Å²) in [4.78, 5) is 24.3. The summed E-state index contributed by atoms with van der Waals surface area (Å²) in [5.74, 6) is 0.848. The Kier molecular flexibility index (Phi) is 7.69. The molecule has 4 rings (SSSR count). The summed E-state index contributed by atoms with van der Waals surface area (Å²) in [6, 6.07) is 16.7. The highest BCUT2D eigenvalue weighted by Gasteiger charge is 2.33. The van der Waals surface area contributed by atoms with Crippen molar-refractivity contribution in [2.24, 2.45) is 5.92 Å². The van der Waals surface area contributed by atoms with Gasteiger partial charge in [0.05, 0.1) is 18.3 Å². The first kappa shape index (κ1) is 22.2. The summed E-state index contributed by atoms with van der Waals surface area (Å²) in [6.45, 7) is 2.52. The highest BCUT2D eigenvalue weighted by atomic mass is 35.5. The Morgan fingerprint density at radius 1 is 1.06 bits per heavy atom. The van der Waals surface area contributed by atoms with Gasteiger partial charge in [0, 0.05) is 29.5 Å². The molecule has 1 aliphatic rings. The average molecular weight is 451 g/mol. The summed E-state index contributed by atoms with van der Waals surface area (Å²) in [5, 5.41) is 4.00. The van der Waals surface area contributed by atoms with Crippen LogP contribution < -0.4 is 10.1 Å². The van der Waals surface area contributed by atoms with Crippen LogP contribution in [0.5, 0.6) is 5.75 Å². The van der Waals surface area contributed by atoms with E-state index in [2.05, 4.69) is 15.3 Å². The van der Waals surface area contributed by atoms with Gasteiger partial charge in [-0.3, -0.25) is 14.8 Å². The number of halogens is 1. The molecule has 1 aromatic carbocycles. The molecule has 1 fully saturated rings. The molecule has 6 nitrogen and oxygen atoms in total. The standard InChI is InChI=1S/C25H27ClN4O2/c26-21-6-4-19(5-7-21)24(23-3-1-2-12-29-23)30(25(31)20-8-13-27-14-9-20)17-18-32-22-10-15-28-16-11-22/h1-7,10-12,15-16,20,24,27H,8-9,13-14,17-18H2/t24-/m1/s1. The Hall–Kier alpha value is -2.96. The van der Waals surface area contributed by atoms with E-state index in [9.17, 15) is 4.79 Å². The van der Waals surface area contributed by atoms with E-state index in [0.29, 0.717) is 18.2 Å². The summed E-state index contributed by atoms with van der Waals surface area (Å²) in [6.07, 6.45) is 6.81. The molecule has 1 saturated heterocycles. The Morgan fingerprint density at radius 2 is 1.81 bits per heavy atom.